The topological polar surface area (TPSA) is 57.3 Å². The number of rotatable bonds is 3. The predicted octanol–water partition coefficient (Wildman–Crippen LogP) is 1.54. The molecule has 0 aliphatic carbocycles. The summed E-state index contributed by atoms with van der Waals surface area (Å²) >= 11 is 0. The predicted molar refractivity (Wildman–Crippen MR) is 83.2 cm³/mol. The molecule has 0 aromatic carbocycles. The van der Waals surface area contributed by atoms with E-state index in [9.17, 15) is 4.79 Å². The second-order valence-corrected chi connectivity index (χ2v) is 6.09. The highest BCUT2D eigenvalue weighted by Crippen LogP contribution is 2.25. The summed E-state index contributed by atoms with van der Waals surface area (Å²) in [6.45, 7) is 5.17. The maximum absolute atomic E-state index is 12.5. The van der Waals surface area contributed by atoms with E-state index in [0.717, 1.165) is 50.9 Å². The summed E-state index contributed by atoms with van der Waals surface area (Å²) in [5.74, 6) is 0.755. The van der Waals surface area contributed by atoms with Gasteiger partial charge in [-0.1, -0.05) is 6.07 Å². The van der Waals surface area contributed by atoms with Crippen molar-refractivity contribution in [3.05, 3.63) is 23.9 Å². The van der Waals surface area contributed by atoms with Gasteiger partial charge in [0.1, 0.15) is 5.82 Å². The molecule has 1 unspecified atom stereocenters. The van der Waals surface area contributed by atoms with Crippen LogP contribution in [0.2, 0.25) is 0 Å². The molecule has 2 aliphatic heterocycles. The van der Waals surface area contributed by atoms with Crippen LogP contribution in [0, 0.1) is 6.92 Å². The minimum absolute atomic E-state index is 0.0104. The number of likely N-dealkylation sites (tertiary alicyclic amines) is 1. The Morgan fingerprint density at radius 2 is 2.14 bits per heavy atom. The van der Waals surface area contributed by atoms with Crippen molar-refractivity contribution >= 4 is 11.7 Å². The number of carbonyl (C=O) groups is 1. The third-order valence-corrected chi connectivity index (χ3v) is 4.54. The van der Waals surface area contributed by atoms with Gasteiger partial charge in [-0.25, -0.2) is 4.98 Å². The highest BCUT2D eigenvalue weighted by molar-refractivity contribution is 5.94. The SMILES string of the molecule is Cc1ccc(NC(=O)C2CCCN2C2CCNCC2)nc1. The Labute approximate surface area is 126 Å². The van der Waals surface area contributed by atoms with Crippen LogP contribution in [0.15, 0.2) is 18.3 Å². The summed E-state index contributed by atoms with van der Waals surface area (Å²) in [5, 5.41) is 6.36. The zero-order chi connectivity index (χ0) is 14.7. The molecule has 0 bridgehead atoms. The molecule has 2 fully saturated rings. The zero-order valence-electron chi connectivity index (χ0n) is 12.6. The maximum Gasteiger partial charge on any atom is 0.242 e. The summed E-state index contributed by atoms with van der Waals surface area (Å²) in [6, 6.07) is 4.41. The van der Waals surface area contributed by atoms with Gasteiger partial charge in [0.25, 0.3) is 0 Å². The second-order valence-electron chi connectivity index (χ2n) is 6.09. The third-order valence-electron chi connectivity index (χ3n) is 4.54. The number of aryl methyl sites for hydroxylation is 1. The van der Waals surface area contributed by atoms with E-state index in [-0.39, 0.29) is 11.9 Å². The van der Waals surface area contributed by atoms with Gasteiger partial charge in [-0.05, 0) is 63.9 Å². The lowest BCUT2D eigenvalue weighted by molar-refractivity contribution is -0.121. The van der Waals surface area contributed by atoms with Crippen molar-refractivity contribution in [2.45, 2.75) is 44.7 Å². The Hall–Kier alpha value is -1.46. The molecule has 3 heterocycles. The molecule has 5 nitrogen and oxygen atoms in total. The monoisotopic (exact) mass is 288 g/mol. The summed E-state index contributed by atoms with van der Waals surface area (Å²) in [7, 11) is 0. The van der Waals surface area contributed by atoms with Gasteiger partial charge < -0.3 is 10.6 Å². The minimum atomic E-state index is 0.0104. The largest absolute Gasteiger partial charge is 0.317 e. The van der Waals surface area contributed by atoms with E-state index >= 15 is 0 Å². The fourth-order valence-corrected chi connectivity index (χ4v) is 3.40. The molecule has 3 rings (SSSR count). The van der Waals surface area contributed by atoms with Gasteiger partial charge in [-0.2, -0.15) is 0 Å². The first-order valence-electron chi connectivity index (χ1n) is 7.94. The molecule has 114 valence electrons. The van der Waals surface area contributed by atoms with Crippen molar-refractivity contribution in [2.75, 3.05) is 25.0 Å². The first-order valence-corrected chi connectivity index (χ1v) is 7.94. The van der Waals surface area contributed by atoms with Crippen molar-refractivity contribution in [2.24, 2.45) is 0 Å². The zero-order valence-corrected chi connectivity index (χ0v) is 12.6. The van der Waals surface area contributed by atoms with E-state index in [1.165, 1.54) is 0 Å². The second kappa shape index (κ2) is 6.54. The van der Waals surface area contributed by atoms with Gasteiger partial charge in [-0.15, -0.1) is 0 Å². The van der Waals surface area contributed by atoms with Crippen molar-refractivity contribution < 1.29 is 4.79 Å². The summed E-state index contributed by atoms with van der Waals surface area (Å²) in [5.41, 5.74) is 1.10. The van der Waals surface area contributed by atoms with Crippen molar-refractivity contribution in [1.29, 1.82) is 0 Å². The standard InChI is InChI=1S/C16H24N4O/c1-12-4-5-15(18-11-12)19-16(21)14-3-2-10-20(14)13-6-8-17-9-7-13/h4-5,11,13-14,17H,2-3,6-10H2,1H3,(H,18,19,21). The van der Waals surface area contributed by atoms with E-state index in [0.29, 0.717) is 11.9 Å². The normalized spacial score (nSPS) is 24.1. The molecular weight excluding hydrogens is 264 g/mol. The molecule has 0 saturated carbocycles. The molecule has 2 N–H and O–H groups in total. The van der Waals surface area contributed by atoms with Crippen LogP contribution in [0.4, 0.5) is 5.82 Å². The summed E-state index contributed by atoms with van der Waals surface area (Å²) in [4.78, 5) is 19.2. The van der Waals surface area contributed by atoms with E-state index in [4.69, 9.17) is 0 Å². The average Bonchev–Trinajstić information content (AvgIpc) is 3.00. The van der Waals surface area contributed by atoms with Gasteiger partial charge in [0, 0.05) is 12.2 Å². The number of amides is 1. The minimum Gasteiger partial charge on any atom is -0.317 e. The van der Waals surface area contributed by atoms with Crippen LogP contribution in [0.5, 0.6) is 0 Å². The van der Waals surface area contributed by atoms with Crippen LogP contribution in [0.3, 0.4) is 0 Å². The van der Waals surface area contributed by atoms with Gasteiger partial charge in [0.15, 0.2) is 0 Å². The highest BCUT2D eigenvalue weighted by Gasteiger charge is 2.35. The van der Waals surface area contributed by atoms with Gasteiger partial charge >= 0.3 is 0 Å². The van der Waals surface area contributed by atoms with Crippen molar-refractivity contribution in [3.8, 4) is 0 Å². The lowest BCUT2D eigenvalue weighted by atomic mass is 10.0. The Bertz CT molecular complexity index is 482. The number of carbonyl (C=O) groups excluding carboxylic acids is 1. The lowest BCUT2D eigenvalue weighted by Gasteiger charge is -2.35. The van der Waals surface area contributed by atoms with E-state index in [2.05, 4.69) is 20.5 Å². The van der Waals surface area contributed by atoms with Gasteiger partial charge in [0.2, 0.25) is 5.91 Å². The number of anilines is 1. The number of aromatic nitrogens is 1. The molecule has 21 heavy (non-hydrogen) atoms. The molecule has 1 atom stereocenters. The fourth-order valence-electron chi connectivity index (χ4n) is 3.40. The number of nitrogens with zero attached hydrogens (tertiary/aromatic N) is 2. The lowest BCUT2D eigenvalue weighted by Crippen LogP contribution is -2.49. The van der Waals surface area contributed by atoms with E-state index < -0.39 is 0 Å². The number of hydrogen-bond donors (Lipinski definition) is 2. The average molecular weight is 288 g/mol. The third kappa shape index (κ3) is 3.41. The van der Waals surface area contributed by atoms with Crippen molar-refractivity contribution in [1.82, 2.24) is 15.2 Å². The first kappa shape index (κ1) is 14.5. The summed E-state index contributed by atoms with van der Waals surface area (Å²) < 4.78 is 0. The molecule has 1 aromatic rings. The molecule has 5 heteroatoms. The first-order chi connectivity index (χ1) is 10.2. The quantitative estimate of drug-likeness (QED) is 0.886. The Morgan fingerprint density at radius 3 is 2.86 bits per heavy atom. The number of nitrogens with one attached hydrogen (secondary N) is 2. The molecular formula is C16H24N4O. The molecule has 2 saturated heterocycles. The number of pyridine rings is 1. The van der Waals surface area contributed by atoms with Gasteiger partial charge in [0.05, 0.1) is 6.04 Å². The molecule has 1 aromatic heterocycles. The highest BCUT2D eigenvalue weighted by atomic mass is 16.2. The van der Waals surface area contributed by atoms with Crippen LogP contribution in [-0.4, -0.2) is 47.5 Å². The van der Waals surface area contributed by atoms with Crippen LogP contribution in [0.25, 0.3) is 0 Å². The Morgan fingerprint density at radius 1 is 1.33 bits per heavy atom. The molecule has 0 radical (unpaired) electrons. The van der Waals surface area contributed by atoms with Crippen LogP contribution < -0.4 is 10.6 Å². The van der Waals surface area contributed by atoms with E-state index in [1.807, 2.05) is 19.1 Å². The molecule has 1 amide bonds. The summed E-state index contributed by atoms with van der Waals surface area (Å²) in [6.07, 6.45) is 6.15. The molecule has 0 spiro atoms. The van der Waals surface area contributed by atoms with Crippen LogP contribution in [0.1, 0.15) is 31.2 Å². The molecule has 2 aliphatic rings. The Kier molecular flexibility index (Phi) is 4.51. The van der Waals surface area contributed by atoms with Crippen LogP contribution >= 0.6 is 0 Å². The Balaban J connectivity index is 1.63. The van der Waals surface area contributed by atoms with Gasteiger partial charge in [-0.3, -0.25) is 9.69 Å². The number of hydrogen-bond acceptors (Lipinski definition) is 4. The fraction of sp³-hybridized carbons (Fsp3) is 0.625. The van der Waals surface area contributed by atoms with E-state index in [1.54, 1.807) is 6.20 Å². The maximum atomic E-state index is 12.5. The smallest absolute Gasteiger partial charge is 0.242 e. The number of piperidine rings is 1. The van der Waals surface area contributed by atoms with Crippen LogP contribution in [-0.2, 0) is 4.79 Å². The van der Waals surface area contributed by atoms with Crippen molar-refractivity contribution in [3.63, 3.8) is 0 Å².